The summed E-state index contributed by atoms with van der Waals surface area (Å²) >= 11 is 1.42. The number of nitrogens with zero attached hydrogens (tertiary/aromatic N) is 2. The molecule has 2 heterocycles. The largest absolute Gasteiger partial charge is 0.483 e. The number of hydrogen-bond donors (Lipinski definition) is 1. The first-order chi connectivity index (χ1) is 15.7. The monoisotopic (exact) mass is 463 g/mol. The fourth-order valence-corrected chi connectivity index (χ4v) is 4.88. The van der Waals surface area contributed by atoms with Crippen molar-refractivity contribution in [3.05, 3.63) is 75.8 Å². The summed E-state index contributed by atoms with van der Waals surface area (Å²) in [5.41, 5.74) is 3.77. The van der Waals surface area contributed by atoms with E-state index >= 15 is 0 Å². The molecule has 7 heteroatoms. The third kappa shape index (κ3) is 5.42. The van der Waals surface area contributed by atoms with Crippen molar-refractivity contribution in [3.8, 4) is 5.75 Å². The smallest absolute Gasteiger partial charge is 0.264 e. The quantitative estimate of drug-likeness (QED) is 0.580. The van der Waals surface area contributed by atoms with Crippen LogP contribution in [-0.2, 0) is 23.2 Å². The van der Waals surface area contributed by atoms with Gasteiger partial charge in [-0.15, -0.1) is 0 Å². The second-order valence-corrected chi connectivity index (χ2v) is 10.4. The fourth-order valence-electron chi connectivity index (χ4n) is 3.84. The number of aromatic nitrogens is 1. The van der Waals surface area contributed by atoms with E-state index in [0.717, 1.165) is 27.4 Å². The van der Waals surface area contributed by atoms with Gasteiger partial charge >= 0.3 is 0 Å². The standard InChI is InChI=1S/C26H29N3O3S/c1-17-10-11-21(19(14-17)26(2,3)4)32-16-23(30)28-25-27-20-12-13-29(15-22(20)33-25)24(31)18-8-6-5-7-9-18/h5-11,14H,12-13,15-16H2,1-4H3,(H,27,28,30). The van der Waals surface area contributed by atoms with Crippen LogP contribution < -0.4 is 10.1 Å². The summed E-state index contributed by atoms with van der Waals surface area (Å²) in [5, 5.41) is 3.40. The van der Waals surface area contributed by atoms with Gasteiger partial charge in [0.25, 0.3) is 11.8 Å². The van der Waals surface area contributed by atoms with Crippen molar-refractivity contribution < 1.29 is 14.3 Å². The van der Waals surface area contributed by atoms with E-state index in [1.165, 1.54) is 11.3 Å². The molecule has 0 aliphatic carbocycles. The molecule has 0 atom stereocenters. The Labute approximate surface area is 198 Å². The molecule has 3 aromatic rings. The average Bonchev–Trinajstić information content (AvgIpc) is 3.19. The summed E-state index contributed by atoms with van der Waals surface area (Å²) in [5.74, 6) is 0.483. The Balaban J connectivity index is 1.38. The number of anilines is 1. The Hall–Kier alpha value is -3.19. The predicted octanol–water partition coefficient (Wildman–Crippen LogP) is 4.97. The molecule has 0 fully saturated rings. The number of thiazole rings is 1. The van der Waals surface area contributed by atoms with Crippen molar-refractivity contribution in [3.63, 3.8) is 0 Å². The van der Waals surface area contributed by atoms with Gasteiger partial charge in [-0.3, -0.25) is 14.9 Å². The molecule has 1 aliphatic rings. The number of rotatable bonds is 5. The van der Waals surface area contributed by atoms with Gasteiger partial charge in [0.05, 0.1) is 12.2 Å². The van der Waals surface area contributed by atoms with Crippen LogP contribution in [-0.4, -0.2) is 34.8 Å². The molecule has 1 aliphatic heterocycles. The highest BCUT2D eigenvalue weighted by Gasteiger charge is 2.25. The number of nitrogens with one attached hydrogen (secondary N) is 1. The van der Waals surface area contributed by atoms with Crippen LogP contribution in [0.25, 0.3) is 0 Å². The average molecular weight is 464 g/mol. The Morgan fingerprint density at radius 1 is 1.15 bits per heavy atom. The SMILES string of the molecule is Cc1ccc(OCC(=O)Nc2nc3c(s2)CN(C(=O)c2ccccc2)CC3)c(C(C)(C)C)c1. The molecule has 0 saturated carbocycles. The second-order valence-electron chi connectivity index (χ2n) is 9.32. The van der Waals surface area contributed by atoms with Crippen LogP contribution in [0.5, 0.6) is 5.75 Å². The van der Waals surface area contributed by atoms with E-state index in [2.05, 4.69) is 37.1 Å². The van der Waals surface area contributed by atoms with Crippen LogP contribution in [0.2, 0.25) is 0 Å². The molecule has 33 heavy (non-hydrogen) atoms. The molecule has 1 aromatic heterocycles. The number of ether oxygens (including phenoxy) is 1. The molecule has 1 N–H and O–H groups in total. The van der Waals surface area contributed by atoms with E-state index in [1.807, 2.05) is 54.3 Å². The maximum Gasteiger partial charge on any atom is 0.264 e. The normalized spacial score (nSPS) is 13.4. The van der Waals surface area contributed by atoms with Crippen LogP contribution >= 0.6 is 11.3 Å². The van der Waals surface area contributed by atoms with Crippen LogP contribution in [0, 0.1) is 6.92 Å². The molecule has 0 spiro atoms. The van der Waals surface area contributed by atoms with Crippen LogP contribution in [0.15, 0.2) is 48.5 Å². The Kier molecular flexibility index (Phi) is 6.51. The minimum absolute atomic E-state index is 0.0152. The minimum Gasteiger partial charge on any atom is -0.483 e. The molecule has 2 amide bonds. The van der Waals surface area contributed by atoms with Gasteiger partial charge in [-0.2, -0.15) is 0 Å². The van der Waals surface area contributed by atoms with Gasteiger partial charge in [0.2, 0.25) is 0 Å². The van der Waals surface area contributed by atoms with Crippen molar-refractivity contribution >= 4 is 28.3 Å². The maximum absolute atomic E-state index is 12.8. The van der Waals surface area contributed by atoms with Crippen LogP contribution in [0.3, 0.4) is 0 Å². The molecule has 6 nitrogen and oxygen atoms in total. The lowest BCUT2D eigenvalue weighted by molar-refractivity contribution is -0.118. The zero-order valence-electron chi connectivity index (χ0n) is 19.5. The lowest BCUT2D eigenvalue weighted by Crippen LogP contribution is -2.35. The maximum atomic E-state index is 12.8. The zero-order chi connectivity index (χ0) is 23.6. The number of carbonyl (C=O) groups is 2. The first-order valence-electron chi connectivity index (χ1n) is 11.1. The van der Waals surface area contributed by atoms with E-state index in [4.69, 9.17) is 4.74 Å². The number of amides is 2. The molecule has 172 valence electrons. The van der Waals surface area contributed by atoms with Crippen LogP contribution in [0.4, 0.5) is 5.13 Å². The molecular weight excluding hydrogens is 434 g/mol. The number of carbonyl (C=O) groups excluding carboxylic acids is 2. The predicted molar refractivity (Wildman–Crippen MR) is 131 cm³/mol. The van der Waals surface area contributed by atoms with Crippen molar-refractivity contribution in [2.24, 2.45) is 0 Å². The van der Waals surface area contributed by atoms with E-state index in [-0.39, 0.29) is 23.8 Å². The van der Waals surface area contributed by atoms with Gasteiger partial charge in [0.1, 0.15) is 5.75 Å². The molecule has 4 rings (SSSR count). The van der Waals surface area contributed by atoms with Crippen LogP contribution in [0.1, 0.15) is 52.8 Å². The minimum atomic E-state index is -0.251. The molecule has 0 saturated heterocycles. The summed E-state index contributed by atoms with van der Waals surface area (Å²) in [6.45, 7) is 9.46. The van der Waals surface area contributed by atoms with Crippen molar-refractivity contribution in [1.29, 1.82) is 0 Å². The van der Waals surface area contributed by atoms with Gasteiger partial charge < -0.3 is 9.64 Å². The third-order valence-corrected chi connectivity index (χ3v) is 6.59. The molecule has 2 aromatic carbocycles. The number of hydrogen-bond acceptors (Lipinski definition) is 5. The summed E-state index contributed by atoms with van der Waals surface area (Å²) in [4.78, 5) is 32.7. The Bertz CT molecular complexity index is 1170. The van der Waals surface area contributed by atoms with Gasteiger partial charge in [0, 0.05) is 23.4 Å². The van der Waals surface area contributed by atoms with Gasteiger partial charge in [-0.05, 0) is 36.1 Å². The molecule has 0 unspecified atom stereocenters. The zero-order valence-corrected chi connectivity index (χ0v) is 20.3. The Morgan fingerprint density at radius 3 is 2.64 bits per heavy atom. The summed E-state index contributed by atoms with van der Waals surface area (Å²) in [6.07, 6.45) is 0.676. The topological polar surface area (TPSA) is 71.5 Å². The second kappa shape index (κ2) is 9.35. The van der Waals surface area contributed by atoms with Crippen molar-refractivity contribution in [1.82, 2.24) is 9.88 Å². The fraction of sp³-hybridized carbons (Fsp3) is 0.346. The van der Waals surface area contributed by atoms with E-state index in [0.29, 0.717) is 30.2 Å². The highest BCUT2D eigenvalue weighted by atomic mass is 32.1. The first-order valence-corrected chi connectivity index (χ1v) is 11.9. The van der Waals surface area contributed by atoms with E-state index in [9.17, 15) is 9.59 Å². The first kappa shape index (κ1) is 23.0. The molecular formula is C26H29N3O3S. The highest BCUT2D eigenvalue weighted by Crippen LogP contribution is 2.32. The number of fused-ring (bicyclic) bond motifs is 1. The van der Waals surface area contributed by atoms with Gasteiger partial charge in [-0.1, -0.05) is 68.0 Å². The summed E-state index contributed by atoms with van der Waals surface area (Å²) < 4.78 is 5.86. The molecule has 0 bridgehead atoms. The third-order valence-electron chi connectivity index (χ3n) is 5.59. The highest BCUT2D eigenvalue weighted by molar-refractivity contribution is 7.15. The van der Waals surface area contributed by atoms with Crippen molar-refractivity contribution in [2.75, 3.05) is 18.5 Å². The number of aryl methyl sites for hydroxylation is 1. The number of benzene rings is 2. The van der Waals surface area contributed by atoms with Crippen molar-refractivity contribution in [2.45, 2.75) is 46.1 Å². The lowest BCUT2D eigenvalue weighted by Gasteiger charge is -2.26. The summed E-state index contributed by atoms with van der Waals surface area (Å²) in [7, 11) is 0. The van der Waals surface area contributed by atoms with Gasteiger partial charge in [-0.25, -0.2) is 4.98 Å². The molecule has 0 radical (unpaired) electrons. The lowest BCUT2D eigenvalue weighted by atomic mass is 9.85. The van der Waals surface area contributed by atoms with E-state index in [1.54, 1.807) is 0 Å². The van der Waals surface area contributed by atoms with E-state index < -0.39 is 0 Å². The summed E-state index contributed by atoms with van der Waals surface area (Å²) in [6, 6.07) is 15.3. The van der Waals surface area contributed by atoms with Gasteiger partial charge in [0.15, 0.2) is 11.7 Å². The Morgan fingerprint density at radius 2 is 1.91 bits per heavy atom.